The fourth-order valence-electron chi connectivity index (χ4n) is 5.63. The van der Waals surface area contributed by atoms with Gasteiger partial charge in [-0.25, -0.2) is 0 Å². The number of hydrogen-bond acceptors (Lipinski definition) is 7. The summed E-state index contributed by atoms with van der Waals surface area (Å²) in [5.74, 6) is -0.420. The zero-order chi connectivity index (χ0) is 31.4. The Labute approximate surface area is 269 Å². The zero-order valence-corrected chi connectivity index (χ0v) is 27.2. The first kappa shape index (κ1) is 32.3. The molecule has 0 saturated heterocycles. The smallest absolute Gasteiger partial charge is 0.249 e. The molecule has 44 heavy (non-hydrogen) atoms. The number of nitrogens with zero attached hydrogens (tertiary/aromatic N) is 1. The molecule has 0 spiro atoms. The highest BCUT2D eigenvalue weighted by atomic mass is 79.9. The average Bonchev–Trinajstić information content (AvgIpc) is 3.28. The molecule has 0 radical (unpaired) electrons. The molecule has 2 heterocycles. The Kier molecular flexibility index (Phi) is 10.2. The number of para-hydroxylation sites is 1. The lowest BCUT2D eigenvalue weighted by Gasteiger charge is -2.29. The summed E-state index contributed by atoms with van der Waals surface area (Å²) in [5.41, 5.74) is 4.07. The summed E-state index contributed by atoms with van der Waals surface area (Å²) < 4.78 is 2.05. The second kappa shape index (κ2) is 13.9. The van der Waals surface area contributed by atoms with Crippen LogP contribution in [0.3, 0.4) is 0 Å². The molecule has 232 valence electrons. The fourth-order valence-corrected chi connectivity index (χ4v) is 7.68. The number of carbonyl (C=O) groups excluding carboxylic acids is 2. The van der Waals surface area contributed by atoms with E-state index in [0.29, 0.717) is 19.4 Å². The second-order valence-electron chi connectivity index (χ2n) is 11.9. The molecule has 1 aromatic heterocycles. The second-order valence-corrected chi connectivity index (χ2v) is 13.7. The van der Waals surface area contributed by atoms with E-state index in [2.05, 4.69) is 38.7 Å². The van der Waals surface area contributed by atoms with Crippen molar-refractivity contribution in [2.24, 2.45) is 0 Å². The number of carbonyl (C=O) groups is 2. The van der Waals surface area contributed by atoms with E-state index < -0.39 is 17.7 Å². The van der Waals surface area contributed by atoms with Gasteiger partial charge in [-0.3, -0.25) is 9.59 Å². The summed E-state index contributed by atoms with van der Waals surface area (Å²) in [4.78, 5) is 30.0. The van der Waals surface area contributed by atoms with Crippen molar-refractivity contribution in [3.8, 4) is 10.4 Å². The lowest BCUT2D eigenvalue weighted by molar-refractivity contribution is -0.128. The summed E-state index contributed by atoms with van der Waals surface area (Å²) in [6.45, 7) is 3.78. The number of thiophene rings is 1. The third kappa shape index (κ3) is 7.22. The molecule has 0 saturated carbocycles. The monoisotopic (exact) mass is 679 g/mol. The molecule has 5 N–H and O–H groups in total. The highest BCUT2D eigenvalue weighted by Gasteiger charge is 2.33. The number of rotatable bonds is 11. The van der Waals surface area contributed by atoms with Gasteiger partial charge >= 0.3 is 0 Å². The Hall–Kier alpha value is -3.12. The van der Waals surface area contributed by atoms with Gasteiger partial charge in [0.05, 0.1) is 30.7 Å². The van der Waals surface area contributed by atoms with Gasteiger partial charge in [-0.1, -0.05) is 48.5 Å². The fraction of sp³-hybridized carbons (Fsp3) is 0.353. The maximum Gasteiger partial charge on any atom is 0.249 e. The van der Waals surface area contributed by atoms with Crippen LogP contribution in [0.5, 0.6) is 0 Å². The molecule has 4 aromatic rings. The number of benzene rings is 3. The van der Waals surface area contributed by atoms with Crippen LogP contribution in [0.15, 0.2) is 71.2 Å². The minimum atomic E-state index is -0.912. The van der Waals surface area contributed by atoms with E-state index in [9.17, 15) is 19.8 Å². The van der Waals surface area contributed by atoms with Crippen molar-refractivity contribution < 1.29 is 24.9 Å². The molecule has 1 aliphatic heterocycles. The number of nitrogens with one attached hydrogen (secondary N) is 2. The van der Waals surface area contributed by atoms with E-state index in [1.807, 2.05) is 68.4 Å². The van der Waals surface area contributed by atoms with Crippen molar-refractivity contribution in [1.82, 2.24) is 10.6 Å². The van der Waals surface area contributed by atoms with E-state index in [0.717, 1.165) is 47.4 Å². The Morgan fingerprint density at radius 3 is 2.64 bits per heavy atom. The number of anilines is 1. The van der Waals surface area contributed by atoms with Crippen molar-refractivity contribution in [1.29, 1.82) is 0 Å². The van der Waals surface area contributed by atoms with E-state index >= 15 is 0 Å². The molecule has 2 atom stereocenters. The SMILES string of the molecule is CC(C)(CC(=O)N[C@@H]1CCc2ccccc2N(Cc2ccc3sc(-c4ccccc4CO)c(Br)c3c2)C1=O)NC[C@H](O)CO. The van der Waals surface area contributed by atoms with Crippen LogP contribution in [0.2, 0.25) is 0 Å². The minimum Gasteiger partial charge on any atom is -0.394 e. The van der Waals surface area contributed by atoms with Crippen LogP contribution in [0.1, 0.15) is 43.4 Å². The maximum absolute atomic E-state index is 14.1. The third-order valence-electron chi connectivity index (χ3n) is 7.98. The van der Waals surface area contributed by atoms with Crippen molar-refractivity contribution in [3.63, 3.8) is 0 Å². The van der Waals surface area contributed by atoms with Gasteiger partial charge in [0.1, 0.15) is 6.04 Å². The number of amides is 2. The van der Waals surface area contributed by atoms with E-state index in [-0.39, 0.29) is 38.0 Å². The van der Waals surface area contributed by atoms with E-state index in [1.54, 1.807) is 16.2 Å². The average molecular weight is 681 g/mol. The summed E-state index contributed by atoms with van der Waals surface area (Å²) in [7, 11) is 0. The first-order valence-corrected chi connectivity index (χ1v) is 16.3. The van der Waals surface area contributed by atoms with Gasteiger partial charge in [0.2, 0.25) is 11.8 Å². The Morgan fingerprint density at radius 1 is 1.11 bits per heavy atom. The molecule has 1 aliphatic rings. The van der Waals surface area contributed by atoms with Crippen molar-refractivity contribution in [3.05, 3.63) is 87.9 Å². The molecule has 0 unspecified atom stereocenters. The Morgan fingerprint density at radius 2 is 1.86 bits per heavy atom. The van der Waals surface area contributed by atoms with Gasteiger partial charge in [0, 0.05) is 38.8 Å². The lowest BCUT2D eigenvalue weighted by atomic mass is 9.99. The van der Waals surface area contributed by atoms with Crippen LogP contribution >= 0.6 is 27.3 Å². The van der Waals surface area contributed by atoms with E-state index in [1.165, 1.54) is 0 Å². The van der Waals surface area contributed by atoms with Crippen LogP contribution < -0.4 is 15.5 Å². The Bertz CT molecular complexity index is 1660. The number of β-amino-alcohol motifs (C(OH)–C–C–N with tert-alkyl or cyclic N) is 1. The molecule has 5 rings (SSSR count). The van der Waals surface area contributed by atoms with Crippen molar-refractivity contribution >= 4 is 54.9 Å². The number of aryl methyl sites for hydroxylation is 1. The standard InChI is InChI=1S/C34H38BrN3O5S/c1-34(2,36-17-24(41)20-40)16-30(42)37-27-13-12-22-7-4-6-10-28(22)38(33(27)43)18-21-11-14-29-26(15-21)31(35)32(44-29)25-9-5-3-8-23(25)19-39/h3-11,14-15,24,27,36,39-41H,12-13,16-20H2,1-2H3,(H,37,42)/t24-,27+/m0/s1. The van der Waals surface area contributed by atoms with Gasteiger partial charge < -0.3 is 30.9 Å². The van der Waals surface area contributed by atoms with Gasteiger partial charge in [-0.15, -0.1) is 11.3 Å². The molecule has 0 aliphatic carbocycles. The molecule has 0 bridgehead atoms. The van der Waals surface area contributed by atoms with Gasteiger partial charge in [0.15, 0.2) is 0 Å². The largest absolute Gasteiger partial charge is 0.394 e. The molecule has 2 amide bonds. The minimum absolute atomic E-state index is 0.0445. The maximum atomic E-state index is 14.1. The highest BCUT2D eigenvalue weighted by molar-refractivity contribution is 9.10. The summed E-state index contributed by atoms with van der Waals surface area (Å²) in [6, 6.07) is 21.2. The Balaban J connectivity index is 1.39. The van der Waals surface area contributed by atoms with Crippen LogP contribution in [0.4, 0.5) is 5.69 Å². The zero-order valence-electron chi connectivity index (χ0n) is 24.8. The van der Waals surface area contributed by atoms with Crippen LogP contribution in [-0.4, -0.2) is 58.0 Å². The van der Waals surface area contributed by atoms with Crippen LogP contribution in [0, 0.1) is 0 Å². The van der Waals surface area contributed by atoms with E-state index in [4.69, 9.17) is 5.11 Å². The number of halogens is 1. The number of aliphatic hydroxyl groups is 3. The number of fused-ring (bicyclic) bond motifs is 2. The highest BCUT2D eigenvalue weighted by Crippen LogP contribution is 2.44. The first-order valence-electron chi connectivity index (χ1n) is 14.7. The lowest BCUT2D eigenvalue weighted by Crippen LogP contribution is -2.51. The first-order chi connectivity index (χ1) is 21.1. The van der Waals surface area contributed by atoms with Crippen LogP contribution in [0.25, 0.3) is 20.5 Å². The van der Waals surface area contributed by atoms with Gasteiger partial charge in [-0.05, 0) is 83.1 Å². The summed E-state index contributed by atoms with van der Waals surface area (Å²) in [5, 5.41) is 35.8. The quantitative estimate of drug-likeness (QED) is 0.154. The molecule has 3 aromatic carbocycles. The molecule has 0 fully saturated rings. The molecular weight excluding hydrogens is 642 g/mol. The van der Waals surface area contributed by atoms with Crippen molar-refractivity contribution in [2.45, 2.75) is 63.9 Å². The van der Waals surface area contributed by atoms with Gasteiger partial charge in [-0.2, -0.15) is 0 Å². The van der Waals surface area contributed by atoms with Crippen LogP contribution in [-0.2, 0) is 29.2 Å². The normalized spacial score (nSPS) is 16.1. The predicted molar refractivity (Wildman–Crippen MR) is 179 cm³/mol. The number of hydrogen-bond donors (Lipinski definition) is 5. The summed E-state index contributed by atoms with van der Waals surface area (Å²) >= 11 is 5.47. The van der Waals surface area contributed by atoms with Gasteiger partial charge in [0.25, 0.3) is 0 Å². The number of aliphatic hydroxyl groups excluding tert-OH is 3. The van der Waals surface area contributed by atoms with Crippen molar-refractivity contribution in [2.75, 3.05) is 18.1 Å². The topological polar surface area (TPSA) is 122 Å². The molecular formula is C34H38BrN3O5S. The predicted octanol–water partition coefficient (Wildman–Crippen LogP) is 4.90. The summed E-state index contributed by atoms with van der Waals surface area (Å²) in [6.07, 6.45) is 0.325. The third-order valence-corrected chi connectivity index (χ3v) is 10.3. The molecule has 10 heteroatoms. The molecule has 8 nitrogen and oxygen atoms in total.